The van der Waals surface area contributed by atoms with Crippen molar-refractivity contribution in [3.05, 3.63) is 53.9 Å². The average Bonchev–Trinajstić information content (AvgIpc) is 2.90. The summed E-state index contributed by atoms with van der Waals surface area (Å²) in [4.78, 5) is 0. The smallest absolute Gasteiger partial charge is 0.0793 e. The topological polar surface area (TPSA) is 29.9 Å². The van der Waals surface area contributed by atoms with Crippen molar-refractivity contribution in [1.29, 1.82) is 0 Å². The number of nitrogens with zero attached hydrogens (tertiary/aromatic N) is 2. The fourth-order valence-electron chi connectivity index (χ4n) is 2.45. The number of aryl methyl sites for hydroxylation is 2. The molecule has 1 unspecified atom stereocenters. The first-order valence-electron chi connectivity index (χ1n) is 7.56. The minimum atomic E-state index is 0.375. The minimum absolute atomic E-state index is 0.375. The monoisotopic (exact) mass is 271 g/mol. The van der Waals surface area contributed by atoms with Gasteiger partial charge in [-0.3, -0.25) is 4.68 Å². The van der Waals surface area contributed by atoms with Gasteiger partial charge < -0.3 is 5.32 Å². The zero-order valence-corrected chi connectivity index (χ0v) is 12.5. The average molecular weight is 271 g/mol. The van der Waals surface area contributed by atoms with E-state index >= 15 is 0 Å². The largest absolute Gasteiger partial charge is 0.309 e. The summed E-state index contributed by atoms with van der Waals surface area (Å²) in [7, 11) is 1.98. The Bertz CT molecular complexity index is 490. The van der Waals surface area contributed by atoms with Crippen LogP contribution in [0.4, 0.5) is 0 Å². The van der Waals surface area contributed by atoms with Crippen LogP contribution in [0.2, 0.25) is 0 Å². The Morgan fingerprint density at radius 2 is 2.00 bits per heavy atom. The van der Waals surface area contributed by atoms with E-state index in [1.807, 2.05) is 17.9 Å². The maximum Gasteiger partial charge on any atom is 0.0793 e. The predicted octanol–water partition coefficient (Wildman–Crippen LogP) is 3.48. The molecule has 0 fully saturated rings. The summed E-state index contributed by atoms with van der Waals surface area (Å²) in [5, 5.41) is 8.15. The van der Waals surface area contributed by atoms with Crippen molar-refractivity contribution in [1.82, 2.24) is 15.1 Å². The van der Waals surface area contributed by atoms with Crippen molar-refractivity contribution >= 4 is 0 Å². The maximum absolute atomic E-state index is 4.54. The lowest BCUT2D eigenvalue weighted by Gasteiger charge is -2.16. The standard InChI is InChI=1S/C17H25N3/c1-3-13-18-16(17-12-14-20(2)19-17)11-7-10-15-8-5-4-6-9-15/h4-6,8-9,12,14,16,18H,3,7,10-11,13H2,1-2H3. The highest BCUT2D eigenvalue weighted by molar-refractivity contribution is 5.14. The Morgan fingerprint density at radius 3 is 2.65 bits per heavy atom. The predicted molar refractivity (Wildman–Crippen MR) is 83.6 cm³/mol. The number of benzene rings is 1. The molecule has 0 amide bonds. The highest BCUT2D eigenvalue weighted by Gasteiger charge is 2.12. The fourth-order valence-corrected chi connectivity index (χ4v) is 2.45. The molecule has 0 aliphatic carbocycles. The molecule has 0 radical (unpaired) electrons. The third-order valence-corrected chi connectivity index (χ3v) is 3.53. The molecule has 1 aromatic carbocycles. The van der Waals surface area contributed by atoms with E-state index < -0.39 is 0 Å². The molecule has 108 valence electrons. The molecule has 2 rings (SSSR count). The molecule has 3 nitrogen and oxygen atoms in total. The first-order chi connectivity index (χ1) is 9.79. The molecule has 1 heterocycles. The van der Waals surface area contributed by atoms with Crippen molar-refractivity contribution in [3.8, 4) is 0 Å². The molecule has 1 N–H and O–H groups in total. The summed E-state index contributed by atoms with van der Waals surface area (Å²) >= 11 is 0. The number of aromatic nitrogens is 2. The Labute approximate surface area is 122 Å². The van der Waals surface area contributed by atoms with Crippen LogP contribution >= 0.6 is 0 Å². The van der Waals surface area contributed by atoms with Crippen LogP contribution in [0.15, 0.2) is 42.6 Å². The molecule has 0 aliphatic rings. The van der Waals surface area contributed by atoms with E-state index in [1.165, 1.54) is 12.0 Å². The van der Waals surface area contributed by atoms with Crippen LogP contribution in [0.25, 0.3) is 0 Å². The molecular weight excluding hydrogens is 246 g/mol. The van der Waals surface area contributed by atoms with E-state index in [4.69, 9.17) is 0 Å². The van der Waals surface area contributed by atoms with Gasteiger partial charge in [-0.15, -0.1) is 0 Å². The Hall–Kier alpha value is -1.61. The van der Waals surface area contributed by atoms with Gasteiger partial charge in [0.2, 0.25) is 0 Å². The Morgan fingerprint density at radius 1 is 1.20 bits per heavy atom. The van der Waals surface area contributed by atoms with Gasteiger partial charge in [-0.05, 0) is 43.9 Å². The summed E-state index contributed by atoms with van der Waals surface area (Å²) < 4.78 is 1.88. The Kier molecular flexibility index (Phi) is 5.81. The van der Waals surface area contributed by atoms with Gasteiger partial charge in [0.15, 0.2) is 0 Å². The van der Waals surface area contributed by atoms with Crippen molar-refractivity contribution < 1.29 is 0 Å². The molecule has 0 bridgehead atoms. The van der Waals surface area contributed by atoms with Crippen molar-refractivity contribution in [3.63, 3.8) is 0 Å². The number of hydrogen-bond donors (Lipinski definition) is 1. The van der Waals surface area contributed by atoms with Crippen LogP contribution in [0.3, 0.4) is 0 Å². The molecule has 1 atom stereocenters. The van der Waals surface area contributed by atoms with E-state index in [9.17, 15) is 0 Å². The third-order valence-electron chi connectivity index (χ3n) is 3.53. The van der Waals surface area contributed by atoms with Crippen LogP contribution < -0.4 is 5.32 Å². The van der Waals surface area contributed by atoms with Crippen LogP contribution in [0.5, 0.6) is 0 Å². The number of hydrogen-bond acceptors (Lipinski definition) is 2. The summed E-state index contributed by atoms with van der Waals surface area (Å²) in [5.41, 5.74) is 2.58. The summed E-state index contributed by atoms with van der Waals surface area (Å²) in [6, 6.07) is 13.2. The van der Waals surface area contributed by atoms with Crippen LogP contribution in [-0.2, 0) is 13.5 Å². The second kappa shape index (κ2) is 7.85. The van der Waals surface area contributed by atoms with E-state index in [0.29, 0.717) is 6.04 Å². The fraction of sp³-hybridized carbons (Fsp3) is 0.471. The zero-order chi connectivity index (χ0) is 14.2. The van der Waals surface area contributed by atoms with Crippen molar-refractivity contribution in [2.75, 3.05) is 6.54 Å². The molecule has 0 saturated carbocycles. The van der Waals surface area contributed by atoms with Gasteiger partial charge in [0.1, 0.15) is 0 Å². The maximum atomic E-state index is 4.54. The lowest BCUT2D eigenvalue weighted by molar-refractivity contribution is 0.469. The van der Waals surface area contributed by atoms with Gasteiger partial charge in [-0.2, -0.15) is 5.10 Å². The molecule has 0 spiro atoms. The minimum Gasteiger partial charge on any atom is -0.309 e. The lowest BCUT2D eigenvalue weighted by Crippen LogP contribution is -2.23. The van der Waals surface area contributed by atoms with Crippen LogP contribution in [0.1, 0.15) is 43.5 Å². The van der Waals surface area contributed by atoms with Gasteiger partial charge >= 0.3 is 0 Å². The molecule has 0 aliphatic heterocycles. The normalized spacial score (nSPS) is 12.5. The molecule has 0 saturated heterocycles. The van der Waals surface area contributed by atoms with E-state index in [0.717, 1.165) is 31.5 Å². The Balaban J connectivity index is 1.87. The van der Waals surface area contributed by atoms with Gasteiger partial charge in [-0.1, -0.05) is 37.3 Å². The third kappa shape index (κ3) is 4.49. The first kappa shape index (κ1) is 14.8. The van der Waals surface area contributed by atoms with Crippen LogP contribution in [-0.4, -0.2) is 16.3 Å². The molecule has 2 aromatic rings. The zero-order valence-electron chi connectivity index (χ0n) is 12.5. The highest BCUT2D eigenvalue weighted by Crippen LogP contribution is 2.18. The SMILES string of the molecule is CCCNC(CCCc1ccccc1)c1ccn(C)n1. The lowest BCUT2D eigenvalue weighted by atomic mass is 10.0. The van der Waals surface area contributed by atoms with Gasteiger partial charge in [0.05, 0.1) is 11.7 Å². The first-order valence-corrected chi connectivity index (χ1v) is 7.56. The molecule has 1 aromatic heterocycles. The summed E-state index contributed by atoms with van der Waals surface area (Å²) in [6.45, 7) is 3.25. The number of nitrogens with one attached hydrogen (secondary N) is 1. The van der Waals surface area contributed by atoms with Crippen molar-refractivity contribution in [2.45, 2.75) is 38.6 Å². The van der Waals surface area contributed by atoms with Gasteiger partial charge in [0.25, 0.3) is 0 Å². The highest BCUT2D eigenvalue weighted by atomic mass is 15.3. The summed E-state index contributed by atoms with van der Waals surface area (Å²) in [5.74, 6) is 0. The van der Waals surface area contributed by atoms with E-state index in [1.54, 1.807) is 0 Å². The second-order valence-electron chi connectivity index (χ2n) is 5.30. The second-order valence-corrected chi connectivity index (χ2v) is 5.30. The molecular formula is C17H25N3. The van der Waals surface area contributed by atoms with E-state index in [-0.39, 0.29) is 0 Å². The van der Waals surface area contributed by atoms with Gasteiger partial charge in [-0.25, -0.2) is 0 Å². The molecule has 3 heteroatoms. The molecule has 20 heavy (non-hydrogen) atoms. The quantitative estimate of drug-likeness (QED) is 0.796. The van der Waals surface area contributed by atoms with Gasteiger partial charge in [0, 0.05) is 13.2 Å². The number of rotatable bonds is 8. The van der Waals surface area contributed by atoms with Crippen LogP contribution in [0, 0.1) is 0 Å². The summed E-state index contributed by atoms with van der Waals surface area (Å²) in [6.07, 6.45) is 6.63. The van der Waals surface area contributed by atoms with E-state index in [2.05, 4.69) is 53.7 Å². The van der Waals surface area contributed by atoms with Crippen molar-refractivity contribution in [2.24, 2.45) is 7.05 Å².